The number of fused-ring (bicyclic) bond motifs is 2. The Kier molecular flexibility index (Phi) is 6.07. The second-order valence-corrected chi connectivity index (χ2v) is 9.57. The number of thioether (sulfide) groups is 1. The molecule has 34 heavy (non-hydrogen) atoms. The van der Waals surface area contributed by atoms with Crippen LogP contribution in [0.5, 0.6) is 11.6 Å². The third-order valence-corrected chi connectivity index (χ3v) is 6.65. The molecule has 0 radical (unpaired) electrons. The summed E-state index contributed by atoms with van der Waals surface area (Å²) in [5.41, 5.74) is 7.13. The minimum atomic E-state index is -0.0728. The van der Waals surface area contributed by atoms with Crippen molar-refractivity contribution < 1.29 is 9.53 Å². The van der Waals surface area contributed by atoms with Gasteiger partial charge in [0.2, 0.25) is 11.8 Å². The smallest absolute Gasteiger partial charge is 0.234 e. The van der Waals surface area contributed by atoms with Crippen LogP contribution in [0.25, 0.3) is 11.4 Å². The van der Waals surface area contributed by atoms with Crippen LogP contribution in [0.15, 0.2) is 71.8 Å². The van der Waals surface area contributed by atoms with Gasteiger partial charge in [-0.3, -0.25) is 4.79 Å². The molecule has 2 heterocycles. The quantitative estimate of drug-likeness (QED) is 0.236. The summed E-state index contributed by atoms with van der Waals surface area (Å²) in [6, 6.07) is 22.1. The van der Waals surface area contributed by atoms with Gasteiger partial charge in [-0.15, -0.1) is 0 Å². The molecular weight excluding hydrogens is 442 g/mol. The third kappa shape index (κ3) is 4.82. The number of hydrogen-bond donors (Lipinski definition) is 1. The molecule has 1 N–H and O–H groups in total. The summed E-state index contributed by atoms with van der Waals surface area (Å²) >= 11 is 1.41. The first-order chi connectivity index (χ1) is 16.4. The lowest BCUT2D eigenvalue weighted by molar-refractivity contribution is -0.113. The number of hydrogen-bond acceptors (Lipinski definition) is 5. The van der Waals surface area contributed by atoms with Gasteiger partial charge in [-0.2, -0.15) is 4.98 Å². The number of anilines is 1. The predicted molar refractivity (Wildman–Crippen MR) is 137 cm³/mol. The molecule has 170 valence electrons. The van der Waals surface area contributed by atoms with E-state index >= 15 is 0 Å². The van der Waals surface area contributed by atoms with E-state index in [1.165, 1.54) is 17.3 Å². The Morgan fingerprint density at radius 2 is 1.68 bits per heavy atom. The number of aryl methyl sites for hydroxylation is 3. The maximum Gasteiger partial charge on any atom is 0.234 e. The minimum Gasteiger partial charge on any atom is -0.438 e. The molecule has 0 saturated carbocycles. The molecule has 6 heteroatoms. The van der Waals surface area contributed by atoms with E-state index in [1.54, 1.807) is 0 Å². The molecule has 0 atom stereocenters. The number of carbonyl (C=O) groups excluding carboxylic acids is 1. The average molecular weight is 468 g/mol. The molecule has 0 unspecified atom stereocenters. The molecule has 0 fully saturated rings. The van der Waals surface area contributed by atoms with E-state index in [0.29, 0.717) is 18.1 Å². The molecule has 0 spiro atoms. The van der Waals surface area contributed by atoms with Crippen molar-refractivity contribution in [2.75, 3.05) is 11.1 Å². The van der Waals surface area contributed by atoms with E-state index in [-0.39, 0.29) is 11.7 Å². The Bertz CT molecular complexity index is 1360. The van der Waals surface area contributed by atoms with Crippen LogP contribution in [0.3, 0.4) is 0 Å². The van der Waals surface area contributed by atoms with Crippen molar-refractivity contribution in [3.63, 3.8) is 0 Å². The molecule has 4 aromatic rings. The fourth-order valence-corrected chi connectivity index (χ4v) is 4.88. The standard InChI is InChI=1S/C28H25N3O2S/c1-17-8-10-20(11-9-17)26-30-27-23(15-21-6-4-5-7-24(21)33-27)28(31-26)34-16-25(32)29-22-13-18(2)12-19(3)14-22/h4-14H,15-16H2,1-3H3,(H,29,32). The highest BCUT2D eigenvalue weighted by atomic mass is 32.2. The van der Waals surface area contributed by atoms with Crippen molar-refractivity contribution in [1.29, 1.82) is 0 Å². The van der Waals surface area contributed by atoms with Crippen molar-refractivity contribution >= 4 is 23.4 Å². The lowest BCUT2D eigenvalue weighted by Crippen LogP contribution is -2.15. The lowest BCUT2D eigenvalue weighted by Gasteiger charge is -2.21. The van der Waals surface area contributed by atoms with E-state index in [1.807, 2.05) is 81.4 Å². The summed E-state index contributed by atoms with van der Waals surface area (Å²) in [5.74, 6) is 2.13. The molecule has 5 nitrogen and oxygen atoms in total. The van der Waals surface area contributed by atoms with Gasteiger partial charge in [0.05, 0.1) is 11.3 Å². The van der Waals surface area contributed by atoms with Crippen molar-refractivity contribution in [3.8, 4) is 23.0 Å². The van der Waals surface area contributed by atoms with Gasteiger partial charge in [0.1, 0.15) is 10.8 Å². The molecule has 1 aliphatic rings. The van der Waals surface area contributed by atoms with Crippen LogP contribution in [0.2, 0.25) is 0 Å². The van der Waals surface area contributed by atoms with E-state index < -0.39 is 0 Å². The summed E-state index contributed by atoms with van der Waals surface area (Å²) in [6.45, 7) is 6.09. The summed E-state index contributed by atoms with van der Waals surface area (Å²) in [5, 5.41) is 3.78. The van der Waals surface area contributed by atoms with Gasteiger partial charge in [-0.1, -0.05) is 65.9 Å². The van der Waals surface area contributed by atoms with Crippen LogP contribution >= 0.6 is 11.8 Å². The molecule has 5 rings (SSSR count). The number of amides is 1. The largest absolute Gasteiger partial charge is 0.438 e. The Hall–Kier alpha value is -3.64. The Balaban J connectivity index is 1.43. The van der Waals surface area contributed by atoms with Gasteiger partial charge in [0, 0.05) is 17.7 Å². The van der Waals surface area contributed by atoms with E-state index in [0.717, 1.165) is 44.3 Å². The zero-order valence-corrected chi connectivity index (χ0v) is 20.2. The van der Waals surface area contributed by atoms with E-state index in [9.17, 15) is 4.79 Å². The summed E-state index contributed by atoms with van der Waals surface area (Å²) in [7, 11) is 0. The molecule has 1 aliphatic heterocycles. The van der Waals surface area contributed by atoms with Crippen LogP contribution in [0, 0.1) is 20.8 Å². The maximum absolute atomic E-state index is 12.8. The first kappa shape index (κ1) is 22.2. The Labute approximate surface area is 203 Å². The number of nitrogens with one attached hydrogen (secondary N) is 1. The Morgan fingerprint density at radius 1 is 0.941 bits per heavy atom. The van der Waals surface area contributed by atoms with Crippen LogP contribution in [-0.2, 0) is 11.2 Å². The topological polar surface area (TPSA) is 64.1 Å². The SMILES string of the molecule is Cc1ccc(-c2nc3c(c(SCC(=O)Nc4cc(C)cc(C)c4)n2)Cc2ccccc2O3)cc1. The number of ether oxygens (including phenoxy) is 1. The first-order valence-electron chi connectivity index (χ1n) is 11.2. The van der Waals surface area contributed by atoms with Gasteiger partial charge in [0.25, 0.3) is 0 Å². The highest BCUT2D eigenvalue weighted by molar-refractivity contribution is 8.00. The number of rotatable bonds is 5. The molecular formula is C28H25N3O2S. The fourth-order valence-electron chi connectivity index (χ4n) is 4.05. The lowest BCUT2D eigenvalue weighted by atomic mass is 10.0. The summed E-state index contributed by atoms with van der Waals surface area (Å²) < 4.78 is 6.17. The third-order valence-electron chi connectivity index (χ3n) is 5.63. The predicted octanol–water partition coefficient (Wildman–Crippen LogP) is 6.50. The van der Waals surface area contributed by atoms with Crippen molar-refractivity contribution in [2.45, 2.75) is 32.2 Å². The van der Waals surface area contributed by atoms with Crippen LogP contribution < -0.4 is 10.1 Å². The molecule has 1 amide bonds. The number of nitrogens with zero attached hydrogens (tertiary/aromatic N) is 2. The highest BCUT2D eigenvalue weighted by Gasteiger charge is 2.24. The van der Waals surface area contributed by atoms with Crippen molar-refractivity contribution in [3.05, 3.63) is 94.5 Å². The summed E-state index contributed by atoms with van der Waals surface area (Å²) in [4.78, 5) is 22.4. The number of carbonyl (C=O) groups is 1. The normalized spacial score (nSPS) is 11.9. The summed E-state index contributed by atoms with van der Waals surface area (Å²) in [6.07, 6.45) is 0.667. The highest BCUT2D eigenvalue weighted by Crippen LogP contribution is 2.40. The fraction of sp³-hybridized carbons (Fsp3) is 0.179. The zero-order chi connectivity index (χ0) is 23.7. The zero-order valence-electron chi connectivity index (χ0n) is 19.4. The Morgan fingerprint density at radius 3 is 2.44 bits per heavy atom. The van der Waals surface area contributed by atoms with Gasteiger partial charge < -0.3 is 10.1 Å². The molecule has 0 aliphatic carbocycles. The van der Waals surface area contributed by atoms with Crippen LogP contribution in [-0.4, -0.2) is 21.6 Å². The maximum atomic E-state index is 12.8. The van der Waals surface area contributed by atoms with Gasteiger partial charge in [-0.25, -0.2) is 4.98 Å². The molecule has 0 saturated heterocycles. The monoisotopic (exact) mass is 467 g/mol. The number of aromatic nitrogens is 2. The van der Waals surface area contributed by atoms with Crippen molar-refractivity contribution in [1.82, 2.24) is 9.97 Å². The van der Waals surface area contributed by atoms with Crippen molar-refractivity contribution in [2.24, 2.45) is 0 Å². The number of benzene rings is 3. The van der Waals surface area contributed by atoms with Crippen LogP contribution in [0.1, 0.15) is 27.8 Å². The molecule has 1 aromatic heterocycles. The molecule has 3 aromatic carbocycles. The average Bonchev–Trinajstić information content (AvgIpc) is 2.81. The van der Waals surface area contributed by atoms with Crippen LogP contribution in [0.4, 0.5) is 5.69 Å². The number of para-hydroxylation sites is 1. The van der Waals surface area contributed by atoms with E-state index in [2.05, 4.69) is 11.4 Å². The van der Waals surface area contributed by atoms with Gasteiger partial charge in [0.15, 0.2) is 5.82 Å². The second kappa shape index (κ2) is 9.31. The molecule has 0 bridgehead atoms. The second-order valence-electron chi connectivity index (χ2n) is 8.60. The minimum absolute atomic E-state index is 0.0728. The van der Waals surface area contributed by atoms with Gasteiger partial charge >= 0.3 is 0 Å². The van der Waals surface area contributed by atoms with Gasteiger partial charge in [-0.05, 0) is 55.7 Å². The first-order valence-corrected chi connectivity index (χ1v) is 12.2. The van der Waals surface area contributed by atoms with E-state index in [4.69, 9.17) is 14.7 Å².